The Bertz CT molecular complexity index is 820. The molecule has 0 atom stereocenters. The first-order chi connectivity index (χ1) is 12.3. The van der Waals surface area contributed by atoms with Crippen molar-refractivity contribution in [2.45, 2.75) is 13.0 Å². The van der Waals surface area contributed by atoms with Crippen molar-refractivity contribution >= 4 is 12.2 Å². The van der Waals surface area contributed by atoms with Crippen LogP contribution in [0.4, 0.5) is 4.39 Å². The predicted octanol–water partition coefficient (Wildman–Crippen LogP) is 4.47. The minimum atomic E-state index is -0.223. The number of imidazole rings is 1. The van der Waals surface area contributed by atoms with Crippen molar-refractivity contribution in [3.05, 3.63) is 78.0 Å². The topological polar surface area (TPSA) is 29.9 Å². The summed E-state index contributed by atoms with van der Waals surface area (Å²) in [7, 11) is 1.96. The maximum atomic E-state index is 13.1. The van der Waals surface area contributed by atoms with Gasteiger partial charge in [0.25, 0.3) is 0 Å². The van der Waals surface area contributed by atoms with E-state index >= 15 is 0 Å². The molecule has 1 heterocycles. The van der Waals surface area contributed by atoms with E-state index in [0.717, 1.165) is 42.0 Å². The van der Waals surface area contributed by atoms with Crippen molar-refractivity contribution < 1.29 is 4.39 Å². The molecule has 0 unspecified atom stereocenters. The van der Waals surface area contributed by atoms with Gasteiger partial charge >= 0.3 is 0 Å². The molecule has 0 radical (unpaired) electrons. The van der Waals surface area contributed by atoms with Gasteiger partial charge < -0.3 is 9.88 Å². The van der Waals surface area contributed by atoms with Gasteiger partial charge in [0.15, 0.2) is 0 Å². The van der Waals surface area contributed by atoms with Crippen LogP contribution in [0.25, 0.3) is 23.4 Å². The largest absolute Gasteiger partial charge is 0.331 e. The minimum Gasteiger partial charge on any atom is -0.331 e. The second-order valence-electron chi connectivity index (χ2n) is 5.88. The lowest BCUT2D eigenvalue weighted by Gasteiger charge is -2.07. The third kappa shape index (κ3) is 4.43. The standard InChI is InChI=1S/C21H22FN3/c1-23-14-5-15-25-16-24-21(18-6-3-2-4-7-18)20(25)13-10-17-8-11-19(22)12-9-17/h2-4,6-13,16,23H,5,14-15H2,1H3. The third-order valence-corrected chi connectivity index (χ3v) is 4.05. The Labute approximate surface area is 147 Å². The van der Waals surface area contributed by atoms with Gasteiger partial charge in [-0.25, -0.2) is 9.37 Å². The Balaban J connectivity index is 1.92. The van der Waals surface area contributed by atoms with E-state index in [2.05, 4.69) is 33.1 Å². The number of hydrogen-bond donors (Lipinski definition) is 1. The molecule has 0 amide bonds. The molecule has 0 saturated heterocycles. The zero-order valence-corrected chi connectivity index (χ0v) is 14.3. The molecular weight excluding hydrogens is 313 g/mol. The first-order valence-corrected chi connectivity index (χ1v) is 8.47. The van der Waals surface area contributed by atoms with Crippen LogP contribution < -0.4 is 5.32 Å². The van der Waals surface area contributed by atoms with Gasteiger partial charge in [-0.1, -0.05) is 48.5 Å². The van der Waals surface area contributed by atoms with Gasteiger partial charge in [0, 0.05) is 12.1 Å². The van der Waals surface area contributed by atoms with Gasteiger partial charge in [0.2, 0.25) is 0 Å². The molecule has 4 heteroatoms. The molecule has 0 aliphatic carbocycles. The molecule has 3 aromatic rings. The van der Waals surface area contributed by atoms with Crippen molar-refractivity contribution in [1.82, 2.24) is 14.9 Å². The van der Waals surface area contributed by atoms with Crippen molar-refractivity contribution in [2.75, 3.05) is 13.6 Å². The van der Waals surface area contributed by atoms with E-state index in [9.17, 15) is 4.39 Å². The summed E-state index contributed by atoms with van der Waals surface area (Å²) in [6.45, 7) is 1.85. The van der Waals surface area contributed by atoms with Crippen LogP contribution in [0.15, 0.2) is 60.9 Å². The number of hydrogen-bond acceptors (Lipinski definition) is 2. The molecule has 3 nitrogen and oxygen atoms in total. The fourth-order valence-electron chi connectivity index (χ4n) is 2.74. The highest BCUT2D eigenvalue weighted by Crippen LogP contribution is 2.24. The van der Waals surface area contributed by atoms with E-state index in [1.165, 1.54) is 12.1 Å². The highest BCUT2D eigenvalue weighted by molar-refractivity contribution is 5.77. The van der Waals surface area contributed by atoms with Crippen LogP contribution in [0.2, 0.25) is 0 Å². The van der Waals surface area contributed by atoms with Crippen LogP contribution in [0, 0.1) is 5.82 Å². The first kappa shape index (κ1) is 17.1. The summed E-state index contributed by atoms with van der Waals surface area (Å²) in [5.74, 6) is -0.223. The molecule has 2 aromatic carbocycles. The lowest BCUT2D eigenvalue weighted by Crippen LogP contribution is -2.11. The molecular formula is C21H22FN3. The van der Waals surface area contributed by atoms with Crippen LogP contribution in [0.1, 0.15) is 17.7 Å². The molecule has 1 N–H and O–H groups in total. The van der Waals surface area contributed by atoms with Crippen LogP contribution in [-0.2, 0) is 6.54 Å². The molecule has 25 heavy (non-hydrogen) atoms. The Morgan fingerprint density at radius 3 is 2.52 bits per heavy atom. The summed E-state index contributed by atoms with van der Waals surface area (Å²) < 4.78 is 15.2. The predicted molar refractivity (Wildman–Crippen MR) is 102 cm³/mol. The normalized spacial score (nSPS) is 11.3. The second-order valence-corrected chi connectivity index (χ2v) is 5.88. The van der Waals surface area contributed by atoms with Gasteiger partial charge in [0.05, 0.1) is 17.7 Å². The molecule has 0 aliphatic heterocycles. The molecule has 1 aromatic heterocycles. The van der Waals surface area contributed by atoms with Crippen LogP contribution in [0.5, 0.6) is 0 Å². The molecule has 0 fully saturated rings. The first-order valence-electron chi connectivity index (χ1n) is 8.47. The lowest BCUT2D eigenvalue weighted by atomic mass is 10.1. The fraction of sp³-hybridized carbons (Fsp3) is 0.190. The highest BCUT2D eigenvalue weighted by Gasteiger charge is 2.10. The van der Waals surface area contributed by atoms with Gasteiger partial charge in [-0.05, 0) is 43.8 Å². The Morgan fingerprint density at radius 1 is 1.04 bits per heavy atom. The average molecular weight is 335 g/mol. The number of aryl methyl sites for hydroxylation is 1. The number of aromatic nitrogens is 2. The number of nitrogens with zero attached hydrogens (tertiary/aromatic N) is 2. The van der Waals surface area contributed by atoms with E-state index < -0.39 is 0 Å². The SMILES string of the molecule is CNCCCn1cnc(-c2ccccc2)c1C=Cc1ccc(F)cc1. The lowest BCUT2D eigenvalue weighted by molar-refractivity contribution is 0.610. The van der Waals surface area contributed by atoms with Crippen molar-refractivity contribution in [3.8, 4) is 11.3 Å². The van der Waals surface area contributed by atoms with Crippen LogP contribution in [-0.4, -0.2) is 23.1 Å². The zero-order valence-electron chi connectivity index (χ0n) is 14.3. The van der Waals surface area contributed by atoms with Crippen LogP contribution in [0.3, 0.4) is 0 Å². The quantitative estimate of drug-likeness (QED) is 0.646. The molecule has 0 spiro atoms. The van der Waals surface area contributed by atoms with Crippen molar-refractivity contribution in [3.63, 3.8) is 0 Å². The Morgan fingerprint density at radius 2 is 1.80 bits per heavy atom. The number of benzene rings is 2. The van der Waals surface area contributed by atoms with E-state index in [0.29, 0.717) is 0 Å². The zero-order chi connectivity index (χ0) is 17.5. The molecule has 0 saturated carbocycles. The van der Waals surface area contributed by atoms with Gasteiger partial charge in [0.1, 0.15) is 5.82 Å². The average Bonchev–Trinajstić information content (AvgIpc) is 3.05. The van der Waals surface area contributed by atoms with Crippen molar-refractivity contribution in [1.29, 1.82) is 0 Å². The number of rotatable bonds is 7. The summed E-state index contributed by atoms with van der Waals surface area (Å²) in [6, 6.07) is 16.7. The summed E-state index contributed by atoms with van der Waals surface area (Å²) in [5, 5.41) is 3.17. The Hall–Kier alpha value is -2.72. The fourth-order valence-corrected chi connectivity index (χ4v) is 2.74. The van der Waals surface area contributed by atoms with E-state index in [4.69, 9.17) is 0 Å². The van der Waals surface area contributed by atoms with Gasteiger partial charge in [-0.2, -0.15) is 0 Å². The molecule has 128 valence electrons. The molecule has 0 bridgehead atoms. The highest BCUT2D eigenvalue weighted by atomic mass is 19.1. The molecule has 0 aliphatic rings. The Kier molecular flexibility index (Phi) is 5.75. The van der Waals surface area contributed by atoms with Gasteiger partial charge in [-0.3, -0.25) is 0 Å². The minimum absolute atomic E-state index is 0.223. The maximum Gasteiger partial charge on any atom is 0.123 e. The van der Waals surface area contributed by atoms with Crippen molar-refractivity contribution in [2.24, 2.45) is 0 Å². The maximum absolute atomic E-state index is 13.1. The van der Waals surface area contributed by atoms with Gasteiger partial charge in [-0.15, -0.1) is 0 Å². The molecule has 3 rings (SSSR count). The van der Waals surface area contributed by atoms with E-state index in [-0.39, 0.29) is 5.82 Å². The smallest absolute Gasteiger partial charge is 0.123 e. The third-order valence-electron chi connectivity index (χ3n) is 4.05. The summed E-state index contributed by atoms with van der Waals surface area (Å²) in [4.78, 5) is 4.62. The number of nitrogens with one attached hydrogen (secondary N) is 1. The van der Waals surface area contributed by atoms with Crippen LogP contribution >= 0.6 is 0 Å². The van der Waals surface area contributed by atoms with E-state index in [1.54, 1.807) is 12.1 Å². The summed E-state index contributed by atoms with van der Waals surface area (Å²) in [6.07, 6.45) is 6.97. The monoisotopic (exact) mass is 335 g/mol. The number of halogens is 1. The van der Waals surface area contributed by atoms with E-state index in [1.807, 2.05) is 37.7 Å². The summed E-state index contributed by atoms with van der Waals surface area (Å²) in [5.41, 5.74) is 4.08. The second kappa shape index (κ2) is 8.40. The summed E-state index contributed by atoms with van der Waals surface area (Å²) >= 11 is 0.